The molecule has 1 aliphatic carbocycles. The number of likely N-dealkylation sites (tertiary alicyclic amines) is 1. The monoisotopic (exact) mass is 307 g/mol. The molecule has 3 rings (SSSR count). The second-order valence-electron chi connectivity index (χ2n) is 8.47. The first-order valence-corrected chi connectivity index (χ1v) is 9.82. The van der Waals surface area contributed by atoms with Crippen molar-refractivity contribution in [1.82, 2.24) is 14.7 Å². The molecule has 0 aromatic carbocycles. The van der Waals surface area contributed by atoms with Crippen molar-refractivity contribution in [2.45, 2.75) is 45.4 Å². The van der Waals surface area contributed by atoms with Gasteiger partial charge in [-0.25, -0.2) is 0 Å². The van der Waals surface area contributed by atoms with E-state index in [9.17, 15) is 0 Å². The smallest absolute Gasteiger partial charge is 0.0110 e. The lowest BCUT2D eigenvalue weighted by Gasteiger charge is -2.39. The molecule has 3 aliphatic rings. The topological polar surface area (TPSA) is 9.72 Å². The molecule has 2 heterocycles. The summed E-state index contributed by atoms with van der Waals surface area (Å²) < 4.78 is 0. The van der Waals surface area contributed by atoms with Crippen molar-refractivity contribution >= 4 is 0 Å². The average Bonchev–Trinajstić information content (AvgIpc) is 2.54. The Bertz CT molecular complexity index is 277. The lowest BCUT2D eigenvalue weighted by molar-refractivity contribution is 0.0948. The Kier molecular flexibility index (Phi) is 6.17. The van der Waals surface area contributed by atoms with Crippen molar-refractivity contribution in [3.8, 4) is 0 Å². The summed E-state index contributed by atoms with van der Waals surface area (Å²) >= 11 is 0. The molecule has 1 saturated carbocycles. The van der Waals surface area contributed by atoms with Crippen LogP contribution in [-0.2, 0) is 0 Å². The predicted molar refractivity (Wildman–Crippen MR) is 94.2 cm³/mol. The largest absolute Gasteiger partial charge is 0.304 e. The Morgan fingerprint density at radius 3 is 1.73 bits per heavy atom. The van der Waals surface area contributed by atoms with E-state index in [1.54, 1.807) is 0 Å². The maximum absolute atomic E-state index is 2.78. The molecule has 3 nitrogen and oxygen atoms in total. The Balaban J connectivity index is 1.32. The minimum Gasteiger partial charge on any atom is -0.304 e. The minimum atomic E-state index is 0.964. The van der Waals surface area contributed by atoms with E-state index < -0.39 is 0 Å². The van der Waals surface area contributed by atoms with Crippen LogP contribution in [0.1, 0.15) is 45.4 Å². The summed E-state index contributed by atoms with van der Waals surface area (Å²) in [5, 5.41) is 0. The van der Waals surface area contributed by atoms with E-state index in [1.807, 2.05) is 0 Å². The van der Waals surface area contributed by atoms with Gasteiger partial charge in [-0.15, -0.1) is 0 Å². The van der Waals surface area contributed by atoms with Gasteiger partial charge in [0, 0.05) is 39.3 Å². The van der Waals surface area contributed by atoms with Crippen LogP contribution in [0.25, 0.3) is 0 Å². The zero-order chi connectivity index (χ0) is 15.4. The van der Waals surface area contributed by atoms with Gasteiger partial charge in [-0.1, -0.05) is 19.8 Å². The molecule has 0 atom stereocenters. The highest BCUT2D eigenvalue weighted by Gasteiger charge is 2.25. The molecule has 0 N–H and O–H groups in total. The van der Waals surface area contributed by atoms with E-state index in [4.69, 9.17) is 0 Å². The van der Waals surface area contributed by atoms with Gasteiger partial charge in [-0.3, -0.25) is 0 Å². The van der Waals surface area contributed by atoms with Crippen LogP contribution in [0.3, 0.4) is 0 Å². The van der Waals surface area contributed by atoms with Crippen molar-refractivity contribution in [2.75, 3.05) is 59.4 Å². The Labute approximate surface area is 138 Å². The van der Waals surface area contributed by atoms with Gasteiger partial charge in [-0.05, 0) is 63.6 Å². The van der Waals surface area contributed by atoms with E-state index in [1.165, 1.54) is 90.9 Å². The van der Waals surface area contributed by atoms with Gasteiger partial charge in [0.15, 0.2) is 0 Å². The maximum Gasteiger partial charge on any atom is 0.0110 e. The van der Waals surface area contributed by atoms with Crippen LogP contribution in [0.2, 0.25) is 0 Å². The van der Waals surface area contributed by atoms with Crippen LogP contribution in [-0.4, -0.2) is 74.1 Å². The van der Waals surface area contributed by atoms with E-state index in [0.717, 1.165) is 17.8 Å². The first kappa shape index (κ1) is 16.7. The quantitative estimate of drug-likeness (QED) is 0.791. The average molecular weight is 308 g/mol. The van der Waals surface area contributed by atoms with Crippen LogP contribution in [0.15, 0.2) is 0 Å². The SMILES string of the molecule is CC1CCC(CN2CCC(CN3CCN(C)CC3)CC2)CC1. The molecular weight excluding hydrogens is 270 g/mol. The Morgan fingerprint density at radius 2 is 1.14 bits per heavy atom. The number of nitrogens with zero attached hydrogens (tertiary/aromatic N) is 3. The summed E-state index contributed by atoms with van der Waals surface area (Å²) in [6.07, 6.45) is 8.81. The second kappa shape index (κ2) is 8.12. The Hall–Kier alpha value is -0.120. The summed E-state index contributed by atoms with van der Waals surface area (Å²) in [5.41, 5.74) is 0. The molecular formula is C19H37N3. The lowest BCUT2D eigenvalue weighted by atomic mass is 9.82. The highest BCUT2D eigenvalue weighted by Crippen LogP contribution is 2.30. The van der Waals surface area contributed by atoms with Gasteiger partial charge in [0.05, 0.1) is 0 Å². The summed E-state index contributed by atoms with van der Waals surface area (Å²) in [7, 11) is 2.25. The zero-order valence-electron chi connectivity index (χ0n) is 15.0. The first-order chi connectivity index (χ1) is 10.7. The third kappa shape index (κ3) is 4.94. The molecule has 3 heteroatoms. The minimum absolute atomic E-state index is 0.964. The summed E-state index contributed by atoms with van der Waals surface area (Å²) in [6, 6.07) is 0. The molecule has 2 aliphatic heterocycles. The fourth-order valence-corrected chi connectivity index (χ4v) is 4.62. The van der Waals surface area contributed by atoms with Gasteiger partial charge >= 0.3 is 0 Å². The van der Waals surface area contributed by atoms with Crippen LogP contribution in [0, 0.1) is 17.8 Å². The van der Waals surface area contributed by atoms with Crippen molar-refractivity contribution in [3.05, 3.63) is 0 Å². The van der Waals surface area contributed by atoms with Crippen molar-refractivity contribution in [1.29, 1.82) is 0 Å². The van der Waals surface area contributed by atoms with Gasteiger partial charge < -0.3 is 14.7 Å². The predicted octanol–water partition coefficient (Wildman–Crippen LogP) is 2.77. The third-order valence-corrected chi connectivity index (χ3v) is 6.47. The van der Waals surface area contributed by atoms with Crippen molar-refractivity contribution in [3.63, 3.8) is 0 Å². The molecule has 128 valence electrons. The van der Waals surface area contributed by atoms with Crippen LogP contribution >= 0.6 is 0 Å². The van der Waals surface area contributed by atoms with Gasteiger partial charge in [-0.2, -0.15) is 0 Å². The summed E-state index contributed by atoms with van der Waals surface area (Å²) in [5.74, 6) is 2.96. The number of piperazine rings is 1. The van der Waals surface area contributed by atoms with Gasteiger partial charge in [0.2, 0.25) is 0 Å². The number of rotatable bonds is 4. The number of hydrogen-bond donors (Lipinski definition) is 0. The van der Waals surface area contributed by atoms with Crippen molar-refractivity contribution < 1.29 is 0 Å². The molecule has 3 fully saturated rings. The molecule has 0 radical (unpaired) electrons. The standard InChI is InChI=1S/C19H37N3/c1-17-3-5-18(6-4-17)15-21-9-7-19(8-10-21)16-22-13-11-20(2)12-14-22/h17-19H,3-16H2,1-2H3. The van der Waals surface area contributed by atoms with E-state index >= 15 is 0 Å². The van der Waals surface area contributed by atoms with E-state index in [0.29, 0.717) is 0 Å². The normalized spacial score (nSPS) is 34.1. The van der Waals surface area contributed by atoms with Crippen LogP contribution in [0.5, 0.6) is 0 Å². The van der Waals surface area contributed by atoms with Crippen LogP contribution < -0.4 is 0 Å². The molecule has 2 saturated heterocycles. The number of piperidine rings is 1. The van der Waals surface area contributed by atoms with Gasteiger partial charge in [0.1, 0.15) is 0 Å². The molecule has 0 spiro atoms. The molecule has 22 heavy (non-hydrogen) atoms. The van der Waals surface area contributed by atoms with Crippen LogP contribution in [0.4, 0.5) is 0 Å². The molecule has 0 aromatic rings. The molecule has 0 aromatic heterocycles. The van der Waals surface area contributed by atoms with Gasteiger partial charge in [0.25, 0.3) is 0 Å². The second-order valence-corrected chi connectivity index (χ2v) is 8.47. The molecule has 0 unspecified atom stereocenters. The summed E-state index contributed by atoms with van der Waals surface area (Å²) in [6.45, 7) is 13.0. The Morgan fingerprint density at radius 1 is 0.636 bits per heavy atom. The first-order valence-electron chi connectivity index (χ1n) is 9.82. The highest BCUT2D eigenvalue weighted by atomic mass is 15.2. The van der Waals surface area contributed by atoms with Crippen molar-refractivity contribution in [2.24, 2.45) is 17.8 Å². The lowest BCUT2D eigenvalue weighted by Crippen LogP contribution is -2.47. The highest BCUT2D eigenvalue weighted by molar-refractivity contribution is 4.80. The number of hydrogen-bond acceptors (Lipinski definition) is 3. The van der Waals surface area contributed by atoms with E-state index in [-0.39, 0.29) is 0 Å². The third-order valence-electron chi connectivity index (χ3n) is 6.47. The van der Waals surface area contributed by atoms with E-state index in [2.05, 4.69) is 28.7 Å². The molecule has 0 amide bonds. The summed E-state index contributed by atoms with van der Waals surface area (Å²) in [4.78, 5) is 7.95. The number of likely N-dealkylation sites (N-methyl/N-ethyl adjacent to an activating group) is 1. The maximum atomic E-state index is 2.78. The fraction of sp³-hybridized carbons (Fsp3) is 1.00. The molecule has 0 bridgehead atoms. The fourth-order valence-electron chi connectivity index (χ4n) is 4.62. The zero-order valence-corrected chi connectivity index (χ0v) is 15.0.